The van der Waals surface area contributed by atoms with E-state index in [4.69, 9.17) is 4.74 Å². The maximum Gasteiger partial charge on any atom is 0.133 e. The fourth-order valence-corrected chi connectivity index (χ4v) is 1.79. The van der Waals surface area contributed by atoms with Crippen molar-refractivity contribution in [3.8, 4) is 5.75 Å². The molecule has 0 radical (unpaired) electrons. The van der Waals surface area contributed by atoms with Gasteiger partial charge >= 0.3 is 0 Å². The molecule has 0 saturated heterocycles. The molecule has 1 aromatic carbocycles. The summed E-state index contributed by atoms with van der Waals surface area (Å²) in [5.41, 5.74) is 1.27. The molecule has 1 rings (SSSR count). The third kappa shape index (κ3) is 4.22. The van der Waals surface area contributed by atoms with Gasteiger partial charge in [-0.3, -0.25) is 0 Å². The summed E-state index contributed by atoms with van der Waals surface area (Å²) >= 11 is 3.52. The quantitative estimate of drug-likeness (QED) is 0.857. The predicted octanol–water partition coefficient (Wildman–Crippen LogP) is 3.35. The molecule has 0 amide bonds. The van der Waals surface area contributed by atoms with Gasteiger partial charge in [0.25, 0.3) is 0 Å². The fraction of sp³-hybridized carbons (Fsp3) is 0.500. The van der Waals surface area contributed by atoms with Gasteiger partial charge in [-0.25, -0.2) is 0 Å². The first-order valence-electron chi connectivity index (χ1n) is 5.39. The van der Waals surface area contributed by atoms with Crippen LogP contribution in [0.1, 0.15) is 25.8 Å². The lowest BCUT2D eigenvalue weighted by atomic mass is 10.2. The van der Waals surface area contributed by atoms with Crippen molar-refractivity contribution in [3.05, 3.63) is 28.2 Å². The number of halogens is 1. The van der Waals surface area contributed by atoms with Crippen LogP contribution in [0.3, 0.4) is 0 Å². The highest BCUT2D eigenvalue weighted by atomic mass is 79.9. The van der Waals surface area contributed by atoms with Crippen molar-refractivity contribution in [2.75, 3.05) is 13.2 Å². The Balaban J connectivity index is 2.61. The van der Waals surface area contributed by atoms with Crippen LogP contribution in [0, 0.1) is 0 Å². The smallest absolute Gasteiger partial charge is 0.133 e. The predicted molar refractivity (Wildman–Crippen MR) is 67.3 cm³/mol. The molecule has 0 bridgehead atoms. The highest BCUT2D eigenvalue weighted by Gasteiger charge is 2.01. The summed E-state index contributed by atoms with van der Waals surface area (Å²) in [5, 5.41) is 3.29. The van der Waals surface area contributed by atoms with Crippen LogP contribution >= 0.6 is 15.9 Å². The number of hydrogen-bond donors (Lipinski definition) is 1. The topological polar surface area (TPSA) is 21.3 Å². The van der Waals surface area contributed by atoms with Crippen molar-refractivity contribution in [3.63, 3.8) is 0 Å². The van der Waals surface area contributed by atoms with Crippen molar-refractivity contribution >= 4 is 15.9 Å². The van der Waals surface area contributed by atoms with E-state index in [0.717, 1.165) is 36.3 Å². The Bertz CT molecular complexity index is 302. The molecule has 2 nitrogen and oxygen atoms in total. The van der Waals surface area contributed by atoms with E-state index >= 15 is 0 Å². The van der Waals surface area contributed by atoms with E-state index in [-0.39, 0.29) is 0 Å². The van der Waals surface area contributed by atoms with Crippen molar-refractivity contribution in [2.24, 2.45) is 0 Å². The molecule has 0 aromatic heterocycles. The lowest BCUT2D eigenvalue weighted by Gasteiger charge is -2.09. The van der Waals surface area contributed by atoms with Gasteiger partial charge in [-0.15, -0.1) is 0 Å². The highest BCUT2D eigenvalue weighted by molar-refractivity contribution is 9.10. The molecule has 3 heteroatoms. The van der Waals surface area contributed by atoms with E-state index in [1.54, 1.807) is 0 Å². The molecule has 0 aliphatic rings. The monoisotopic (exact) mass is 271 g/mol. The van der Waals surface area contributed by atoms with Gasteiger partial charge in [0, 0.05) is 6.54 Å². The van der Waals surface area contributed by atoms with Crippen LogP contribution in [0.2, 0.25) is 0 Å². The molecular formula is C12H18BrNO. The molecule has 0 unspecified atom stereocenters. The molecule has 15 heavy (non-hydrogen) atoms. The van der Waals surface area contributed by atoms with Crippen LogP contribution < -0.4 is 10.1 Å². The number of hydrogen-bond acceptors (Lipinski definition) is 2. The molecule has 0 heterocycles. The van der Waals surface area contributed by atoms with Gasteiger partial charge < -0.3 is 10.1 Å². The fourth-order valence-electron chi connectivity index (χ4n) is 1.25. The Labute approximate surface area is 100 Å². The number of ether oxygens (including phenoxy) is 1. The first-order chi connectivity index (χ1) is 7.27. The second-order valence-electron chi connectivity index (χ2n) is 3.39. The summed E-state index contributed by atoms with van der Waals surface area (Å²) in [6.07, 6.45) is 1.03. The highest BCUT2D eigenvalue weighted by Crippen LogP contribution is 2.26. The van der Waals surface area contributed by atoms with Crippen LogP contribution in [0.15, 0.2) is 22.7 Å². The largest absolute Gasteiger partial charge is 0.492 e. The van der Waals surface area contributed by atoms with Crippen LogP contribution in [0.25, 0.3) is 0 Å². The summed E-state index contributed by atoms with van der Waals surface area (Å²) in [5.74, 6) is 0.928. The second-order valence-corrected chi connectivity index (χ2v) is 4.25. The third-order valence-electron chi connectivity index (χ3n) is 2.04. The van der Waals surface area contributed by atoms with Gasteiger partial charge in [0.2, 0.25) is 0 Å². The van der Waals surface area contributed by atoms with Gasteiger partial charge in [-0.2, -0.15) is 0 Å². The molecule has 1 N–H and O–H groups in total. The minimum Gasteiger partial charge on any atom is -0.492 e. The van der Waals surface area contributed by atoms with Crippen LogP contribution in [0.4, 0.5) is 0 Å². The van der Waals surface area contributed by atoms with Gasteiger partial charge in [-0.05, 0) is 46.6 Å². The average molecular weight is 272 g/mol. The SMILES string of the molecule is CCCOc1ccc(CNCC)cc1Br. The zero-order chi connectivity index (χ0) is 11.1. The number of rotatable bonds is 6. The van der Waals surface area contributed by atoms with Gasteiger partial charge in [0.15, 0.2) is 0 Å². The summed E-state index contributed by atoms with van der Waals surface area (Å²) in [6, 6.07) is 6.22. The Kier molecular flexibility index (Phi) is 5.73. The number of nitrogens with one attached hydrogen (secondary N) is 1. The van der Waals surface area contributed by atoms with Crippen molar-refractivity contribution < 1.29 is 4.74 Å². The average Bonchev–Trinajstić information content (AvgIpc) is 2.25. The summed E-state index contributed by atoms with van der Waals surface area (Å²) in [6.45, 7) is 6.88. The van der Waals surface area contributed by atoms with E-state index in [2.05, 4.69) is 47.2 Å². The van der Waals surface area contributed by atoms with Crippen molar-refractivity contribution in [1.82, 2.24) is 5.32 Å². The van der Waals surface area contributed by atoms with E-state index in [0.29, 0.717) is 0 Å². The van der Waals surface area contributed by atoms with E-state index < -0.39 is 0 Å². The zero-order valence-corrected chi connectivity index (χ0v) is 10.9. The van der Waals surface area contributed by atoms with Gasteiger partial charge in [0.05, 0.1) is 11.1 Å². The Morgan fingerprint density at radius 3 is 2.73 bits per heavy atom. The maximum absolute atomic E-state index is 5.58. The summed E-state index contributed by atoms with van der Waals surface area (Å²) < 4.78 is 6.61. The Morgan fingerprint density at radius 2 is 2.13 bits per heavy atom. The second kappa shape index (κ2) is 6.85. The van der Waals surface area contributed by atoms with Crippen LogP contribution in [-0.4, -0.2) is 13.2 Å². The molecular weight excluding hydrogens is 254 g/mol. The normalized spacial score (nSPS) is 10.3. The molecule has 1 aromatic rings. The minimum absolute atomic E-state index is 0.769. The standard InChI is InChI=1S/C12H18BrNO/c1-3-7-15-12-6-5-10(8-11(12)13)9-14-4-2/h5-6,8,14H,3-4,7,9H2,1-2H3. The molecule has 0 atom stereocenters. The van der Waals surface area contributed by atoms with Gasteiger partial charge in [-0.1, -0.05) is 19.9 Å². The molecule has 0 aliphatic heterocycles. The van der Waals surface area contributed by atoms with Gasteiger partial charge in [0.1, 0.15) is 5.75 Å². The zero-order valence-electron chi connectivity index (χ0n) is 9.35. The van der Waals surface area contributed by atoms with Crippen molar-refractivity contribution in [2.45, 2.75) is 26.8 Å². The molecule has 0 aliphatic carbocycles. The Hall–Kier alpha value is -0.540. The molecule has 0 spiro atoms. The minimum atomic E-state index is 0.769. The lowest BCUT2D eigenvalue weighted by Crippen LogP contribution is -2.11. The molecule has 0 saturated carbocycles. The van der Waals surface area contributed by atoms with E-state index in [9.17, 15) is 0 Å². The molecule has 0 fully saturated rings. The Morgan fingerprint density at radius 1 is 1.33 bits per heavy atom. The third-order valence-corrected chi connectivity index (χ3v) is 2.66. The van der Waals surface area contributed by atoms with Crippen LogP contribution in [0.5, 0.6) is 5.75 Å². The van der Waals surface area contributed by atoms with E-state index in [1.807, 2.05) is 6.07 Å². The summed E-state index contributed by atoms with van der Waals surface area (Å²) in [4.78, 5) is 0. The maximum atomic E-state index is 5.58. The van der Waals surface area contributed by atoms with E-state index in [1.165, 1.54) is 5.56 Å². The number of benzene rings is 1. The summed E-state index contributed by atoms with van der Waals surface area (Å²) in [7, 11) is 0. The van der Waals surface area contributed by atoms with Crippen LogP contribution in [-0.2, 0) is 6.54 Å². The first-order valence-corrected chi connectivity index (χ1v) is 6.19. The molecule has 84 valence electrons. The van der Waals surface area contributed by atoms with Crippen molar-refractivity contribution in [1.29, 1.82) is 0 Å². The lowest BCUT2D eigenvalue weighted by molar-refractivity contribution is 0.315. The first kappa shape index (κ1) is 12.5.